The summed E-state index contributed by atoms with van der Waals surface area (Å²) in [5.74, 6) is 0. The smallest absolute Gasteiger partial charge is 0.846 e. The third-order valence-corrected chi connectivity index (χ3v) is 14.5. The Morgan fingerprint density at radius 1 is 0.341 bits per heavy atom. The Morgan fingerprint density at radius 3 is 0.773 bits per heavy atom. The van der Waals surface area contributed by atoms with Crippen LogP contribution in [0.25, 0.3) is 10.6 Å². The number of rotatable bonds is 15. The Morgan fingerprint density at radius 2 is 0.557 bits per heavy atom. The van der Waals surface area contributed by atoms with Crippen molar-refractivity contribution >= 4 is 127 Å². The maximum atomic E-state index is 11.3. The van der Waals surface area contributed by atoms with Crippen LogP contribution in [0.4, 0.5) is 22.7 Å². The van der Waals surface area contributed by atoms with Crippen LogP contribution >= 0.6 is 92.8 Å². The summed E-state index contributed by atoms with van der Waals surface area (Å²) >= 11 is 48.9. The summed E-state index contributed by atoms with van der Waals surface area (Å²) in [6.45, 7) is 22.1. The van der Waals surface area contributed by atoms with E-state index in [1.54, 1.807) is 113 Å². The van der Waals surface area contributed by atoms with Crippen molar-refractivity contribution in [3.8, 4) is 0 Å². The minimum absolute atomic E-state index is 0. The number of para-hydroxylation sites is 4. The molecule has 0 saturated heterocycles. The second-order valence-corrected chi connectivity index (χ2v) is 24.5. The Hall–Kier alpha value is -4.62. The Kier molecular flexibility index (Phi) is 34.6. The van der Waals surface area contributed by atoms with Gasteiger partial charge in [-0.15, -0.1) is 0 Å². The third-order valence-electron chi connectivity index (χ3n) is 12.1. The van der Waals surface area contributed by atoms with Crippen LogP contribution < -0.4 is 10.2 Å². The average Bonchev–Trinajstić information content (AvgIpc) is 2.13. The summed E-state index contributed by atoms with van der Waals surface area (Å²) in [6.07, 6.45) is 3.61. The van der Waals surface area contributed by atoms with Crippen molar-refractivity contribution in [3.63, 3.8) is 0 Å². The van der Waals surface area contributed by atoms with E-state index < -0.39 is 22.4 Å². The van der Waals surface area contributed by atoms with Crippen LogP contribution in [0, 0.1) is 0 Å². The fraction of sp³-hybridized carbons (Fsp3) is 0.229. The Labute approximate surface area is 582 Å². The van der Waals surface area contributed by atoms with E-state index in [0.29, 0.717) is 85.7 Å². The molecule has 8 nitrogen and oxygen atoms in total. The first-order valence-corrected chi connectivity index (χ1v) is 30.1. The molecule has 8 rings (SSSR count). The SMILES string of the molecule is CC(/C=C(/C)[N-]c1c(Cl)cccc1Cl)=Nc1c(Cl)cccc1Cl.CC(/C=C(/C)[N-]c1c(Cl)cccc1Cl)=Nc1c(Cl)cccc1Cl.CC(C)(OOC(C)(C)c1ccccc1)c1ccccc1.CC(C)([O-])c1ccccc1.CC(C)([O-])c1ccccc1.[Cu+2].[Cu+2]. The second-order valence-electron chi connectivity index (χ2n) is 21.3. The molecule has 2 radical (unpaired) electrons. The van der Waals surface area contributed by atoms with Crippen LogP contribution in [-0.2, 0) is 66.3 Å². The zero-order valence-electron chi connectivity index (χ0n) is 50.7. The Bertz CT molecular complexity index is 3230. The summed E-state index contributed by atoms with van der Waals surface area (Å²) < 4.78 is 0. The number of allylic oxidation sites excluding steroid dienone is 4. The topological polar surface area (TPSA) is 118 Å². The molecule has 0 heterocycles. The van der Waals surface area contributed by atoms with Gasteiger partial charge in [-0.1, -0.05) is 326 Å². The number of hydrogen-bond acceptors (Lipinski definition) is 6. The van der Waals surface area contributed by atoms with Crippen molar-refractivity contribution in [1.82, 2.24) is 0 Å². The van der Waals surface area contributed by atoms with Gasteiger partial charge in [0.2, 0.25) is 0 Å². The summed E-state index contributed by atoms with van der Waals surface area (Å²) in [5, 5.41) is 35.4. The molecule has 0 bridgehead atoms. The van der Waals surface area contributed by atoms with Gasteiger partial charge < -0.3 is 20.8 Å². The summed E-state index contributed by atoms with van der Waals surface area (Å²) in [5.41, 5.74) is 5.95. The molecule has 0 spiro atoms. The first kappa shape index (κ1) is 79.5. The maximum Gasteiger partial charge on any atom is 2.00 e. The van der Waals surface area contributed by atoms with Crippen molar-refractivity contribution in [2.75, 3.05) is 0 Å². The fourth-order valence-corrected chi connectivity index (χ4v) is 9.41. The van der Waals surface area contributed by atoms with E-state index in [9.17, 15) is 10.2 Å². The molecular weight excluding hydrogens is 1370 g/mol. The zero-order valence-corrected chi connectivity index (χ0v) is 58.6. The summed E-state index contributed by atoms with van der Waals surface area (Å²) in [7, 11) is 0. The van der Waals surface area contributed by atoms with Gasteiger partial charge in [0.15, 0.2) is 0 Å². The van der Waals surface area contributed by atoms with E-state index in [1.807, 2.05) is 177 Å². The van der Waals surface area contributed by atoms with E-state index in [1.165, 1.54) is 0 Å². The predicted molar refractivity (Wildman–Crippen MR) is 365 cm³/mol. The molecule has 18 heteroatoms. The molecule has 0 aliphatic heterocycles. The minimum atomic E-state index is -0.957. The van der Waals surface area contributed by atoms with Crippen LogP contribution in [0.5, 0.6) is 0 Å². The molecule has 0 aliphatic carbocycles. The van der Waals surface area contributed by atoms with E-state index in [4.69, 9.17) is 103 Å². The van der Waals surface area contributed by atoms with E-state index >= 15 is 0 Å². The predicted octanol–water partition coefficient (Wildman–Crippen LogP) is 23.4. The molecule has 0 atom stereocenters. The van der Waals surface area contributed by atoms with Gasteiger partial charge in [-0.2, -0.15) is 11.4 Å². The molecule has 0 N–H and O–H groups in total. The van der Waals surface area contributed by atoms with Crippen molar-refractivity contribution < 1.29 is 54.1 Å². The molecule has 0 saturated carbocycles. The van der Waals surface area contributed by atoms with Gasteiger partial charge >= 0.3 is 34.1 Å². The minimum Gasteiger partial charge on any atom is -0.846 e. The first-order valence-electron chi connectivity index (χ1n) is 27.1. The molecule has 0 unspecified atom stereocenters. The molecule has 472 valence electrons. The molecule has 88 heavy (non-hydrogen) atoms. The van der Waals surface area contributed by atoms with Gasteiger partial charge in [0, 0.05) is 31.5 Å². The molecule has 8 aromatic carbocycles. The Balaban J connectivity index is 0.000000387. The second kappa shape index (κ2) is 38.3. The van der Waals surface area contributed by atoms with Gasteiger partial charge in [0.1, 0.15) is 22.6 Å². The van der Waals surface area contributed by atoms with Gasteiger partial charge in [-0.25, -0.2) is 9.78 Å². The number of nitrogens with zero attached hydrogens (tertiary/aromatic N) is 4. The maximum absolute atomic E-state index is 11.3. The zero-order chi connectivity index (χ0) is 63.8. The van der Waals surface area contributed by atoms with Crippen molar-refractivity contribution in [2.24, 2.45) is 9.98 Å². The third kappa shape index (κ3) is 27.5. The van der Waals surface area contributed by atoms with Crippen LogP contribution in [0.2, 0.25) is 40.2 Å². The van der Waals surface area contributed by atoms with Gasteiger partial charge in [-0.05, 0) is 101 Å². The van der Waals surface area contributed by atoms with E-state index in [2.05, 4.69) is 20.6 Å². The fourth-order valence-electron chi connectivity index (χ4n) is 7.49. The van der Waals surface area contributed by atoms with Gasteiger partial charge in [-0.3, -0.25) is 9.98 Å². The molecule has 0 aliphatic rings. The molecule has 0 aromatic heterocycles. The number of aliphatic imine (C=N–C) groups is 2. The monoisotopic (exact) mass is 1440 g/mol. The largest absolute Gasteiger partial charge is 2.00 e. The van der Waals surface area contributed by atoms with Crippen LogP contribution in [0.15, 0.2) is 228 Å². The van der Waals surface area contributed by atoms with E-state index in [0.717, 1.165) is 22.3 Å². The van der Waals surface area contributed by atoms with Crippen molar-refractivity contribution in [2.45, 2.75) is 105 Å². The van der Waals surface area contributed by atoms with E-state index in [-0.39, 0.29) is 34.1 Å². The van der Waals surface area contributed by atoms with Gasteiger partial charge in [0.05, 0.1) is 20.1 Å². The molecule has 0 amide bonds. The molecule has 8 aromatic rings. The average molecular weight is 1440 g/mol. The standard InChI is InChI=1S/C18H22O2.2C17H13Cl4N2.2C9H11O.2Cu/c1-17(2,15-11-7-5-8-12-15)19-20-18(3,4)16-13-9-6-10-14-16;2*1-10(22-16-12(18)5-3-6-13(16)19)9-11(2)23-17-14(20)7-4-8-15(17)21;2*1-9(2,10)8-6-4-3-5-7-8;;/h5-14H,1-4H3;2*3-9H,1-2H3;2*3-7H,1-2H3;;/q;4*-1;2*+2/b;2*10-9-,23-11?;;;;. The van der Waals surface area contributed by atoms with Crippen LogP contribution in [-0.4, -0.2) is 11.4 Å². The quantitative estimate of drug-likeness (QED) is 0.0440. The number of hydrogen-bond donors (Lipinski definition) is 0. The first-order chi connectivity index (χ1) is 40.4. The summed E-state index contributed by atoms with van der Waals surface area (Å²) in [6, 6.07) is 59.9. The van der Waals surface area contributed by atoms with Crippen LogP contribution in [0.3, 0.4) is 0 Å². The summed E-state index contributed by atoms with van der Waals surface area (Å²) in [4.78, 5) is 20.3. The molecular formula is C70H70Cl8Cu2N4O4. The normalized spacial score (nSPS) is 11.9. The van der Waals surface area contributed by atoms with Crippen molar-refractivity contribution in [1.29, 1.82) is 0 Å². The number of benzene rings is 8. The van der Waals surface area contributed by atoms with Gasteiger partial charge in [0.25, 0.3) is 0 Å². The number of halogens is 8. The van der Waals surface area contributed by atoms with Crippen molar-refractivity contribution in [3.05, 3.63) is 291 Å². The molecule has 0 fully saturated rings. The van der Waals surface area contributed by atoms with Crippen LogP contribution in [0.1, 0.15) is 105 Å².